The van der Waals surface area contributed by atoms with Gasteiger partial charge in [-0.25, -0.2) is 0 Å². The molecular formula is C17H15ClO2. The third-order valence-electron chi connectivity index (χ3n) is 4.10. The summed E-state index contributed by atoms with van der Waals surface area (Å²) in [5, 5.41) is -0.321. The zero-order valence-electron chi connectivity index (χ0n) is 11.2. The fourth-order valence-electron chi connectivity index (χ4n) is 3.09. The van der Waals surface area contributed by atoms with Crippen molar-refractivity contribution in [3.05, 3.63) is 65.2 Å². The first-order valence-electron chi connectivity index (χ1n) is 6.57. The second-order valence-electron chi connectivity index (χ2n) is 5.18. The Morgan fingerprint density at radius 2 is 1.60 bits per heavy atom. The molecule has 0 N–H and O–H groups in total. The minimum Gasteiger partial charge on any atom is -0.496 e. The van der Waals surface area contributed by atoms with Crippen LogP contribution >= 0.6 is 11.6 Å². The summed E-state index contributed by atoms with van der Waals surface area (Å²) in [6.07, 6.45) is 1.26. The number of carbonyl (C=O) groups is 1. The van der Waals surface area contributed by atoms with E-state index in [9.17, 15) is 4.79 Å². The van der Waals surface area contributed by atoms with Gasteiger partial charge in [0, 0.05) is 5.56 Å². The minimum atomic E-state index is -0.710. The SMILES string of the molecule is COc1ccccc1C1(C(=O)Cl)Cc2ccccc2C1. The summed E-state index contributed by atoms with van der Waals surface area (Å²) in [5.74, 6) is 0.717. The van der Waals surface area contributed by atoms with Crippen LogP contribution in [0.1, 0.15) is 16.7 Å². The predicted molar refractivity (Wildman–Crippen MR) is 79.4 cm³/mol. The Morgan fingerprint density at radius 3 is 2.15 bits per heavy atom. The third-order valence-corrected chi connectivity index (χ3v) is 4.46. The molecule has 0 atom stereocenters. The van der Waals surface area contributed by atoms with Gasteiger partial charge in [-0.2, -0.15) is 0 Å². The number of para-hydroxylation sites is 1. The number of hydrogen-bond donors (Lipinski definition) is 0. The van der Waals surface area contributed by atoms with E-state index in [1.165, 1.54) is 11.1 Å². The van der Waals surface area contributed by atoms with E-state index in [4.69, 9.17) is 16.3 Å². The lowest BCUT2D eigenvalue weighted by atomic mass is 9.78. The summed E-state index contributed by atoms with van der Waals surface area (Å²) >= 11 is 6.00. The van der Waals surface area contributed by atoms with Gasteiger partial charge in [0.15, 0.2) is 0 Å². The Morgan fingerprint density at radius 1 is 1.05 bits per heavy atom. The number of ether oxygens (including phenoxy) is 1. The van der Waals surface area contributed by atoms with Crippen molar-refractivity contribution in [1.82, 2.24) is 0 Å². The van der Waals surface area contributed by atoms with Gasteiger partial charge in [0.05, 0.1) is 12.5 Å². The summed E-state index contributed by atoms with van der Waals surface area (Å²) in [6, 6.07) is 15.7. The molecule has 3 rings (SSSR count). The average Bonchev–Trinajstić information content (AvgIpc) is 2.87. The maximum absolute atomic E-state index is 12.2. The van der Waals surface area contributed by atoms with Crippen molar-refractivity contribution in [1.29, 1.82) is 0 Å². The summed E-state index contributed by atoms with van der Waals surface area (Å²) in [4.78, 5) is 12.2. The fourth-order valence-corrected chi connectivity index (χ4v) is 3.33. The van der Waals surface area contributed by atoms with Crippen LogP contribution in [0.2, 0.25) is 0 Å². The molecule has 2 aromatic rings. The van der Waals surface area contributed by atoms with Crippen LogP contribution in [0.5, 0.6) is 5.75 Å². The van der Waals surface area contributed by atoms with Gasteiger partial charge < -0.3 is 4.74 Å². The maximum Gasteiger partial charge on any atom is 0.233 e. The van der Waals surface area contributed by atoms with Gasteiger partial charge in [-0.1, -0.05) is 42.5 Å². The molecule has 0 aliphatic heterocycles. The maximum atomic E-state index is 12.2. The van der Waals surface area contributed by atoms with Gasteiger partial charge in [0.2, 0.25) is 5.24 Å². The summed E-state index contributed by atoms with van der Waals surface area (Å²) < 4.78 is 5.42. The molecule has 0 saturated carbocycles. The van der Waals surface area contributed by atoms with E-state index in [1.807, 2.05) is 36.4 Å². The van der Waals surface area contributed by atoms with Crippen LogP contribution in [-0.2, 0) is 23.1 Å². The van der Waals surface area contributed by atoms with Crippen LogP contribution in [0.3, 0.4) is 0 Å². The summed E-state index contributed by atoms with van der Waals surface area (Å²) in [5.41, 5.74) is 2.54. The first-order chi connectivity index (χ1) is 9.67. The summed E-state index contributed by atoms with van der Waals surface area (Å²) in [7, 11) is 1.62. The number of hydrogen-bond acceptors (Lipinski definition) is 2. The van der Waals surface area contributed by atoms with Crippen molar-refractivity contribution in [3.8, 4) is 5.75 Å². The number of benzene rings is 2. The molecule has 0 radical (unpaired) electrons. The molecule has 1 aliphatic rings. The van der Waals surface area contributed by atoms with E-state index in [0.29, 0.717) is 18.6 Å². The highest BCUT2D eigenvalue weighted by atomic mass is 35.5. The largest absolute Gasteiger partial charge is 0.496 e. The van der Waals surface area contributed by atoms with Crippen molar-refractivity contribution in [2.45, 2.75) is 18.3 Å². The van der Waals surface area contributed by atoms with E-state index in [-0.39, 0.29) is 5.24 Å². The molecule has 102 valence electrons. The fraction of sp³-hybridized carbons (Fsp3) is 0.235. The highest BCUT2D eigenvalue weighted by Crippen LogP contribution is 2.44. The zero-order valence-corrected chi connectivity index (χ0v) is 12.0. The summed E-state index contributed by atoms with van der Waals surface area (Å²) in [6.45, 7) is 0. The monoisotopic (exact) mass is 286 g/mol. The molecule has 0 spiro atoms. The van der Waals surface area contributed by atoms with Crippen molar-refractivity contribution >= 4 is 16.8 Å². The van der Waals surface area contributed by atoms with Crippen LogP contribution in [0.4, 0.5) is 0 Å². The quantitative estimate of drug-likeness (QED) is 0.807. The van der Waals surface area contributed by atoms with Gasteiger partial charge in [0.25, 0.3) is 0 Å². The van der Waals surface area contributed by atoms with Crippen LogP contribution < -0.4 is 4.74 Å². The molecule has 0 unspecified atom stereocenters. The Bertz CT molecular complexity index is 639. The molecule has 2 nitrogen and oxygen atoms in total. The van der Waals surface area contributed by atoms with Gasteiger partial charge in [-0.05, 0) is 41.6 Å². The Kier molecular flexibility index (Phi) is 3.27. The van der Waals surface area contributed by atoms with E-state index in [0.717, 1.165) is 5.56 Å². The molecular weight excluding hydrogens is 272 g/mol. The molecule has 0 bridgehead atoms. The third kappa shape index (κ3) is 1.92. The van der Waals surface area contributed by atoms with Crippen LogP contribution in [0.25, 0.3) is 0 Å². The number of rotatable bonds is 3. The topological polar surface area (TPSA) is 26.3 Å². The van der Waals surface area contributed by atoms with E-state index in [2.05, 4.69) is 12.1 Å². The molecule has 2 aromatic carbocycles. The average molecular weight is 287 g/mol. The second kappa shape index (κ2) is 4.95. The zero-order chi connectivity index (χ0) is 14.2. The van der Waals surface area contributed by atoms with Crippen LogP contribution in [-0.4, -0.2) is 12.4 Å². The number of fused-ring (bicyclic) bond motifs is 1. The lowest BCUT2D eigenvalue weighted by Crippen LogP contribution is -2.34. The lowest BCUT2D eigenvalue weighted by molar-refractivity contribution is -0.116. The van der Waals surface area contributed by atoms with E-state index >= 15 is 0 Å². The minimum absolute atomic E-state index is 0.321. The van der Waals surface area contributed by atoms with Crippen LogP contribution in [0, 0.1) is 0 Å². The number of carbonyl (C=O) groups excluding carboxylic acids is 1. The molecule has 1 aliphatic carbocycles. The van der Waals surface area contributed by atoms with Gasteiger partial charge in [-0.3, -0.25) is 4.79 Å². The van der Waals surface area contributed by atoms with Crippen molar-refractivity contribution in [3.63, 3.8) is 0 Å². The molecule has 3 heteroatoms. The normalized spacial score (nSPS) is 15.7. The van der Waals surface area contributed by atoms with Gasteiger partial charge in [-0.15, -0.1) is 0 Å². The van der Waals surface area contributed by atoms with E-state index < -0.39 is 5.41 Å². The molecule has 0 saturated heterocycles. The Hall–Kier alpha value is -1.80. The Labute approximate surface area is 123 Å². The van der Waals surface area contributed by atoms with E-state index in [1.54, 1.807) is 7.11 Å². The van der Waals surface area contributed by atoms with Gasteiger partial charge in [0.1, 0.15) is 5.75 Å². The first-order valence-corrected chi connectivity index (χ1v) is 6.95. The second-order valence-corrected chi connectivity index (χ2v) is 5.52. The van der Waals surface area contributed by atoms with Gasteiger partial charge >= 0.3 is 0 Å². The van der Waals surface area contributed by atoms with Crippen molar-refractivity contribution < 1.29 is 9.53 Å². The standard InChI is InChI=1S/C17H15ClO2/c1-20-15-9-5-4-8-14(15)17(16(18)19)10-12-6-2-3-7-13(12)11-17/h2-9H,10-11H2,1H3. The molecule has 0 fully saturated rings. The molecule has 0 heterocycles. The number of methoxy groups -OCH3 is 1. The molecule has 0 amide bonds. The molecule has 0 aromatic heterocycles. The number of halogens is 1. The first kappa shape index (κ1) is 13.2. The Balaban J connectivity index is 2.15. The predicted octanol–water partition coefficient (Wildman–Crippen LogP) is 3.50. The van der Waals surface area contributed by atoms with Crippen LogP contribution in [0.15, 0.2) is 48.5 Å². The highest BCUT2D eigenvalue weighted by Gasteiger charge is 2.45. The van der Waals surface area contributed by atoms with Crippen molar-refractivity contribution in [2.75, 3.05) is 7.11 Å². The van der Waals surface area contributed by atoms with Crippen molar-refractivity contribution in [2.24, 2.45) is 0 Å². The highest BCUT2D eigenvalue weighted by molar-refractivity contribution is 6.65. The lowest BCUT2D eigenvalue weighted by Gasteiger charge is -2.26. The molecule has 20 heavy (non-hydrogen) atoms. The smallest absolute Gasteiger partial charge is 0.233 e.